The first kappa shape index (κ1) is 18.7. The first-order valence-electron chi connectivity index (χ1n) is 12.7. The molecule has 0 saturated heterocycles. The Morgan fingerprint density at radius 1 is 0.722 bits per heavy atom. The van der Waals surface area contributed by atoms with Gasteiger partial charge in [-0.2, -0.15) is 0 Å². The topological polar surface area (TPSA) is 20.7 Å². The van der Waals surface area contributed by atoms with Gasteiger partial charge in [-0.25, -0.2) is 0 Å². The normalized spacial score (nSPS) is 16.6. The first-order valence-corrected chi connectivity index (χ1v) is 12.7. The Morgan fingerprint density at radius 2 is 1.58 bits per heavy atom. The Hall–Kier alpha value is -4.56. The molecule has 9 rings (SSSR count). The number of aromatic amines is 1. The van der Waals surface area contributed by atoms with Crippen LogP contribution < -0.4 is 0 Å². The summed E-state index contributed by atoms with van der Waals surface area (Å²) in [5.41, 5.74) is 10.5. The molecule has 0 saturated carbocycles. The Labute approximate surface area is 207 Å². The number of benzene rings is 5. The summed E-state index contributed by atoms with van der Waals surface area (Å²) in [6.45, 7) is 0. The molecule has 5 aromatic carbocycles. The van der Waals surface area contributed by atoms with Crippen LogP contribution in [0.3, 0.4) is 0 Å². The van der Waals surface area contributed by atoms with Gasteiger partial charge < -0.3 is 9.55 Å². The molecule has 2 heteroatoms. The molecule has 0 bridgehead atoms. The van der Waals surface area contributed by atoms with Gasteiger partial charge in [0.15, 0.2) is 0 Å². The molecule has 2 aromatic heterocycles. The number of H-pyrrole nitrogens is 1. The number of allylic oxidation sites excluding steroid dienone is 4. The summed E-state index contributed by atoms with van der Waals surface area (Å²) in [5, 5.41) is 7.84. The summed E-state index contributed by atoms with van der Waals surface area (Å²) in [6.07, 6.45) is 7.91. The van der Waals surface area contributed by atoms with Gasteiger partial charge in [0.25, 0.3) is 0 Å². The SMILES string of the molecule is C1=CCC2C(=C1)c1cccc3c4ccccc4n(c13)-c1cc3c(cc12)[nH]c1ccc2ccccc2c13. The standard InChI is InChI=1S/C34H22N2/c1-2-9-21-20(8-1)16-17-29-33(21)28-19-32-27(18-30(28)35-29)23-11-4-3-10-22(23)25-13-7-14-26-24-12-5-6-15-31(24)36(32)34(25)26/h1-10,12-19,23,35H,11H2. The molecule has 1 unspecified atom stereocenters. The lowest BCUT2D eigenvalue weighted by Crippen LogP contribution is -2.05. The maximum Gasteiger partial charge on any atom is 0.0616 e. The average Bonchev–Trinajstić information content (AvgIpc) is 3.44. The van der Waals surface area contributed by atoms with Crippen LogP contribution in [0.5, 0.6) is 0 Å². The molecule has 1 aliphatic heterocycles. The zero-order valence-corrected chi connectivity index (χ0v) is 19.6. The maximum atomic E-state index is 3.77. The number of para-hydroxylation sites is 2. The number of rotatable bonds is 0. The fourth-order valence-electron chi connectivity index (χ4n) is 6.90. The molecule has 2 aliphatic rings. The lowest BCUT2D eigenvalue weighted by atomic mass is 9.81. The van der Waals surface area contributed by atoms with Crippen LogP contribution in [0.4, 0.5) is 0 Å². The van der Waals surface area contributed by atoms with Crippen molar-refractivity contribution in [3.8, 4) is 5.69 Å². The van der Waals surface area contributed by atoms with Crippen molar-refractivity contribution >= 4 is 60.0 Å². The number of nitrogens with zero attached hydrogens (tertiary/aromatic N) is 1. The van der Waals surface area contributed by atoms with E-state index in [1.54, 1.807) is 0 Å². The van der Waals surface area contributed by atoms with Gasteiger partial charge in [-0.1, -0.05) is 85.0 Å². The number of fused-ring (bicyclic) bond motifs is 13. The van der Waals surface area contributed by atoms with Gasteiger partial charge in [0.05, 0.1) is 16.7 Å². The minimum atomic E-state index is 0.335. The number of hydrogen-bond donors (Lipinski definition) is 1. The Bertz CT molecular complexity index is 2130. The van der Waals surface area contributed by atoms with Crippen LogP contribution in [0.25, 0.3) is 65.6 Å². The molecule has 0 amide bonds. The Kier molecular flexibility index (Phi) is 3.41. The lowest BCUT2D eigenvalue weighted by molar-refractivity contribution is 0.873. The number of aromatic nitrogens is 2. The van der Waals surface area contributed by atoms with E-state index in [0.29, 0.717) is 5.92 Å². The van der Waals surface area contributed by atoms with Crippen LogP contribution in [0.1, 0.15) is 23.5 Å². The van der Waals surface area contributed by atoms with E-state index in [0.717, 1.165) is 6.42 Å². The molecule has 0 radical (unpaired) electrons. The van der Waals surface area contributed by atoms with Crippen LogP contribution in [-0.4, -0.2) is 9.55 Å². The highest BCUT2D eigenvalue weighted by Gasteiger charge is 2.30. The minimum absolute atomic E-state index is 0.335. The van der Waals surface area contributed by atoms with Gasteiger partial charge in [-0.3, -0.25) is 0 Å². The average molecular weight is 459 g/mol. The van der Waals surface area contributed by atoms with Crippen molar-refractivity contribution in [2.45, 2.75) is 12.3 Å². The summed E-state index contributed by atoms with van der Waals surface area (Å²) in [7, 11) is 0. The molecular formula is C34H22N2. The molecule has 2 nitrogen and oxygen atoms in total. The highest BCUT2D eigenvalue weighted by atomic mass is 15.0. The van der Waals surface area contributed by atoms with Crippen LogP contribution in [0.15, 0.2) is 109 Å². The summed E-state index contributed by atoms with van der Waals surface area (Å²) >= 11 is 0. The Balaban J connectivity index is 1.53. The zero-order valence-electron chi connectivity index (χ0n) is 19.6. The third kappa shape index (κ3) is 2.23. The second kappa shape index (κ2) is 6.56. The predicted octanol–water partition coefficient (Wildman–Crippen LogP) is 9.01. The highest BCUT2D eigenvalue weighted by molar-refractivity contribution is 6.21. The van der Waals surface area contributed by atoms with Crippen molar-refractivity contribution in [2.75, 3.05) is 0 Å². The second-order valence-electron chi connectivity index (χ2n) is 10.2. The van der Waals surface area contributed by atoms with Gasteiger partial charge in [0.1, 0.15) is 0 Å². The van der Waals surface area contributed by atoms with Crippen molar-refractivity contribution in [3.05, 3.63) is 120 Å². The van der Waals surface area contributed by atoms with Gasteiger partial charge in [-0.05, 0) is 52.6 Å². The van der Waals surface area contributed by atoms with E-state index in [1.807, 2.05) is 0 Å². The van der Waals surface area contributed by atoms with Crippen LogP contribution in [0.2, 0.25) is 0 Å². The Morgan fingerprint density at radius 3 is 2.56 bits per heavy atom. The van der Waals surface area contributed by atoms with Crippen LogP contribution in [-0.2, 0) is 0 Å². The van der Waals surface area contributed by atoms with Gasteiger partial charge in [-0.15, -0.1) is 0 Å². The van der Waals surface area contributed by atoms with Crippen molar-refractivity contribution in [2.24, 2.45) is 0 Å². The summed E-state index contributed by atoms with van der Waals surface area (Å²) in [6, 6.07) is 33.8. The van der Waals surface area contributed by atoms with Gasteiger partial charge in [0.2, 0.25) is 0 Å². The highest BCUT2D eigenvalue weighted by Crippen LogP contribution is 2.49. The van der Waals surface area contributed by atoms with Crippen molar-refractivity contribution in [1.82, 2.24) is 9.55 Å². The van der Waals surface area contributed by atoms with Gasteiger partial charge in [0, 0.05) is 44.1 Å². The summed E-state index contributed by atoms with van der Waals surface area (Å²) < 4.78 is 2.54. The molecule has 1 atom stereocenters. The van der Waals surface area contributed by atoms with Crippen molar-refractivity contribution in [3.63, 3.8) is 0 Å². The van der Waals surface area contributed by atoms with E-state index in [1.165, 1.54) is 76.8 Å². The lowest BCUT2D eigenvalue weighted by Gasteiger charge is -2.22. The van der Waals surface area contributed by atoms with Gasteiger partial charge >= 0.3 is 0 Å². The monoisotopic (exact) mass is 458 g/mol. The summed E-state index contributed by atoms with van der Waals surface area (Å²) in [5.74, 6) is 0.335. The zero-order chi connectivity index (χ0) is 23.4. The molecule has 1 N–H and O–H groups in total. The van der Waals surface area contributed by atoms with Crippen molar-refractivity contribution in [1.29, 1.82) is 0 Å². The van der Waals surface area contributed by atoms with E-state index in [2.05, 4.69) is 119 Å². The number of nitrogens with one attached hydrogen (secondary N) is 1. The maximum absolute atomic E-state index is 3.77. The number of hydrogen-bond acceptors (Lipinski definition) is 0. The van der Waals surface area contributed by atoms with E-state index < -0.39 is 0 Å². The fraction of sp³-hybridized carbons (Fsp3) is 0.0588. The largest absolute Gasteiger partial charge is 0.354 e. The third-order valence-electron chi connectivity index (χ3n) is 8.42. The smallest absolute Gasteiger partial charge is 0.0616 e. The predicted molar refractivity (Wildman–Crippen MR) is 152 cm³/mol. The molecule has 3 heterocycles. The quantitative estimate of drug-likeness (QED) is 0.234. The molecule has 1 aliphatic carbocycles. The minimum Gasteiger partial charge on any atom is -0.354 e. The summed E-state index contributed by atoms with van der Waals surface area (Å²) in [4.78, 5) is 3.77. The van der Waals surface area contributed by atoms with E-state index in [4.69, 9.17) is 0 Å². The fourth-order valence-corrected chi connectivity index (χ4v) is 6.90. The molecular weight excluding hydrogens is 436 g/mol. The molecule has 36 heavy (non-hydrogen) atoms. The third-order valence-corrected chi connectivity index (χ3v) is 8.42. The van der Waals surface area contributed by atoms with Crippen LogP contribution in [0, 0.1) is 0 Å². The van der Waals surface area contributed by atoms with Crippen LogP contribution >= 0.6 is 0 Å². The molecule has 7 aromatic rings. The molecule has 0 spiro atoms. The second-order valence-corrected chi connectivity index (χ2v) is 10.2. The molecule has 0 fully saturated rings. The van der Waals surface area contributed by atoms with E-state index in [-0.39, 0.29) is 0 Å². The van der Waals surface area contributed by atoms with E-state index >= 15 is 0 Å². The first-order chi connectivity index (χ1) is 17.9. The van der Waals surface area contributed by atoms with E-state index in [9.17, 15) is 0 Å². The van der Waals surface area contributed by atoms with Crippen molar-refractivity contribution < 1.29 is 0 Å². The molecule has 168 valence electrons.